The van der Waals surface area contributed by atoms with Crippen LogP contribution in [0.25, 0.3) is 5.69 Å². The molecule has 1 heterocycles. The minimum atomic E-state index is -0.622. The second-order valence-electron chi connectivity index (χ2n) is 5.95. The summed E-state index contributed by atoms with van der Waals surface area (Å²) in [6, 6.07) is 15.4. The van der Waals surface area contributed by atoms with Gasteiger partial charge in [-0.2, -0.15) is 0 Å². The zero-order chi connectivity index (χ0) is 19.1. The van der Waals surface area contributed by atoms with E-state index in [0.717, 1.165) is 22.2 Å². The van der Waals surface area contributed by atoms with E-state index >= 15 is 0 Å². The number of thioether (sulfide) groups is 1. The minimum Gasteiger partial charge on any atom is -0.494 e. The first-order valence-electron chi connectivity index (χ1n) is 8.80. The number of nitrogens with zero attached hydrogens (tertiary/aromatic N) is 3. The van der Waals surface area contributed by atoms with Gasteiger partial charge in [0.15, 0.2) is 5.16 Å². The molecule has 0 aliphatic carbocycles. The standard InChI is InChI=1S/C20H23N3O3S/c1-3-25-17-8-10-18(11-9-17)26-12-16(24)13-27-20-22-21-14-23(20)19-7-5-4-6-15(19)2/h4-11,14,16,24H,3,12-13H2,1-2H3. The number of para-hydroxylation sites is 1. The SMILES string of the molecule is CCOc1ccc(OCC(O)CSc2nncn2-c2ccccc2C)cc1. The van der Waals surface area contributed by atoms with Crippen molar-refractivity contribution in [2.45, 2.75) is 25.1 Å². The lowest BCUT2D eigenvalue weighted by atomic mass is 10.2. The zero-order valence-electron chi connectivity index (χ0n) is 15.4. The molecule has 0 spiro atoms. The number of aliphatic hydroxyl groups is 1. The Morgan fingerprint density at radius 1 is 1.07 bits per heavy atom. The van der Waals surface area contributed by atoms with Gasteiger partial charge in [0.2, 0.25) is 0 Å². The fraction of sp³-hybridized carbons (Fsp3) is 0.300. The van der Waals surface area contributed by atoms with Crippen LogP contribution in [0.2, 0.25) is 0 Å². The Morgan fingerprint density at radius 3 is 2.48 bits per heavy atom. The number of aromatic nitrogens is 3. The molecular weight excluding hydrogens is 362 g/mol. The van der Waals surface area contributed by atoms with Gasteiger partial charge in [-0.1, -0.05) is 30.0 Å². The van der Waals surface area contributed by atoms with Crippen LogP contribution >= 0.6 is 11.8 Å². The summed E-state index contributed by atoms with van der Waals surface area (Å²) in [5.74, 6) is 1.96. The van der Waals surface area contributed by atoms with E-state index in [0.29, 0.717) is 18.1 Å². The van der Waals surface area contributed by atoms with Crippen LogP contribution in [0.4, 0.5) is 0 Å². The highest BCUT2D eigenvalue weighted by Gasteiger charge is 2.12. The lowest BCUT2D eigenvalue weighted by Gasteiger charge is -2.13. The zero-order valence-corrected chi connectivity index (χ0v) is 16.2. The molecule has 0 amide bonds. The maximum absolute atomic E-state index is 10.2. The molecule has 3 rings (SSSR count). The van der Waals surface area contributed by atoms with Crippen molar-refractivity contribution < 1.29 is 14.6 Å². The molecule has 0 fully saturated rings. The summed E-state index contributed by atoms with van der Waals surface area (Å²) >= 11 is 1.45. The molecule has 0 saturated heterocycles. The van der Waals surface area contributed by atoms with Crippen molar-refractivity contribution in [3.05, 3.63) is 60.4 Å². The molecule has 0 radical (unpaired) electrons. The molecule has 142 valence electrons. The summed E-state index contributed by atoms with van der Waals surface area (Å²) in [5, 5.41) is 19.1. The summed E-state index contributed by atoms with van der Waals surface area (Å²) < 4.78 is 13.0. The summed E-state index contributed by atoms with van der Waals surface area (Å²) in [6.45, 7) is 4.82. The molecule has 0 saturated carbocycles. The lowest BCUT2D eigenvalue weighted by molar-refractivity contribution is 0.126. The van der Waals surface area contributed by atoms with Gasteiger partial charge in [0.25, 0.3) is 0 Å². The van der Waals surface area contributed by atoms with E-state index in [1.165, 1.54) is 11.8 Å². The van der Waals surface area contributed by atoms with Crippen molar-refractivity contribution in [3.8, 4) is 17.2 Å². The Kier molecular flexibility index (Phi) is 6.73. The van der Waals surface area contributed by atoms with Crippen molar-refractivity contribution in [3.63, 3.8) is 0 Å². The quantitative estimate of drug-likeness (QED) is 0.569. The van der Waals surface area contributed by atoms with Gasteiger partial charge in [0, 0.05) is 5.75 Å². The molecule has 27 heavy (non-hydrogen) atoms. The molecule has 3 aromatic rings. The van der Waals surface area contributed by atoms with E-state index in [-0.39, 0.29) is 6.61 Å². The molecule has 1 N–H and O–H groups in total. The molecule has 6 nitrogen and oxygen atoms in total. The molecule has 2 aromatic carbocycles. The summed E-state index contributed by atoms with van der Waals surface area (Å²) in [6.07, 6.45) is 1.07. The highest BCUT2D eigenvalue weighted by Crippen LogP contribution is 2.23. The number of benzene rings is 2. The van der Waals surface area contributed by atoms with Crippen molar-refractivity contribution >= 4 is 11.8 Å². The van der Waals surface area contributed by atoms with E-state index in [2.05, 4.69) is 10.2 Å². The maximum Gasteiger partial charge on any atom is 0.195 e. The van der Waals surface area contributed by atoms with E-state index in [1.54, 1.807) is 6.33 Å². The third kappa shape index (κ3) is 5.24. The highest BCUT2D eigenvalue weighted by molar-refractivity contribution is 7.99. The third-order valence-electron chi connectivity index (χ3n) is 3.87. The Balaban J connectivity index is 1.52. The summed E-state index contributed by atoms with van der Waals surface area (Å²) in [7, 11) is 0. The van der Waals surface area contributed by atoms with Gasteiger partial charge in [0.1, 0.15) is 24.4 Å². The predicted octanol–water partition coefficient (Wildman–Crippen LogP) is 3.51. The number of hydrogen-bond acceptors (Lipinski definition) is 6. The Bertz CT molecular complexity index is 852. The Labute approximate surface area is 163 Å². The van der Waals surface area contributed by atoms with Crippen LogP contribution < -0.4 is 9.47 Å². The van der Waals surface area contributed by atoms with Crippen LogP contribution in [0, 0.1) is 6.92 Å². The summed E-state index contributed by atoms with van der Waals surface area (Å²) in [5.41, 5.74) is 2.17. The molecular formula is C20H23N3O3S. The van der Waals surface area contributed by atoms with E-state index in [9.17, 15) is 5.11 Å². The second-order valence-corrected chi connectivity index (χ2v) is 6.94. The smallest absolute Gasteiger partial charge is 0.195 e. The van der Waals surface area contributed by atoms with Crippen LogP contribution in [0.1, 0.15) is 12.5 Å². The number of rotatable bonds is 9. The average molecular weight is 385 g/mol. The number of ether oxygens (including phenoxy) is 2. The highest BCUT2D eigenvalue weighted by atomic mass is 32.2. The minimum absolute atomic E-state index is 0.208. The van der Waals surface area contributed by atoms with Gasteiger partial charge < -0.3 is 14.6 Å². The predicted molar refractivity (Wildman–Crippen MR) is 106 cm³/mol. The van der Waals surface area contributed by atoms with Gasteiger partial charge in [-0.25, -0.2) is 0 Å². The monoisotopic (exact) mass is 385 g/mol. The fourth-order valence-electron chi connectivity index (χ4n) is 2.53. The third-order valence-corrected chi connectivity index (χ3v) is 4.96. The molecule has 0 aliphatic rings. The summed E-state index contributed by atoms with van der Waals surface area (Å²) in [4.78, 5) is 0. The van der Waals surface area contributed by atoms with Crippen molar-refractivity contribution in [1.82, 2.24) is 14.8 Å². The fourth-order valence-corrected chi connectivity index (χ4v) is 3.36. The average Bonchev–Trinajstić information content (AvgIpc) is 3.15. The Morgan fingerprint density at radius 2 is 1.78 bits per heavy atom. The van der Waals surface area contributed by atoms with Gasteiger partial charge in [-0.05, 0) is 49.7 Å². The van der Waals surface area contributed by atoms with E-state index < -0.39 is 6.10 Å². The second kappa shape index (κ2) is 9.43. The van der Waals surface area contributed by atoms with Crippen LogP contribution in [0.15, 0.2) is 60.0 Å². The van der Waals surface area contributed by atoms with Crippen LogP contribution in [-0.4, -0.2) is 44.9 Å². The molecule has 1 unspecified atom stereocenters. The lowest BCUT2D eigenvalue weighted by Crippen LogP contribution is -2.20. The molecule has 7 heteroatoms. The topological polar surface area (TPSA) is 69.4 Å². The van der Waals surface area contributed by atoms with Crippen LogP contribution in [-0.2, 0) is 0 Å². The van der Waals surface area contributed by atoms with Gasteiger partial charge in [-0.15, -0.1) is 10.2 Å². The Hall–Kier alpha value is -2.51. The van der Waals surface area contributed by atoms with Gasteiger partial charge >= 0.3 is 0 Å². The van der Waals surface area contributed by atoms with Gasteiger partial charge in [0.05, 0.1) is 18.4 Å². The first-order valence-corrected chi connectivity index (χ1v) is 9.78. The van der Waals surface area contributed by atoms with E-state index in [1.807, 2.05) is 66.9 Å². The van der Waals surface area contributed by atoms with Crippen molar-refractivity contribution in [2.75, 3.05) is 19.0 Å². The molecule has 0 aliphatic heterocycles. The maximum atomic E-state index is 10.2. The molecule has 0 bridgehead atoms. The van der Waals surface area contributed by atoms with Gasteiger partial charge in [-0.3, -0.25) is 4.57 Å². The largest absolute Gasteiger partial charge is 0.494 e. The normalized spacial score (nSPS) is 12.0. The number of aryl methyl sites for hydroxylation is 1. The molecule has 1 atom stereocenters. The van der Waals surface area contributed by atoms with Crippen LogP contribution in [0.5, 0.6) is 11.5 Å². The molecule has 1 aromatic heterocycles. The number of aliphatic hydroxyl groups excluding tert-OH is 1. The van der Waals surface area contributed by atoms with Crippen LogP contribution in [0.3, 0.4) is 0 Å². The van der Waals surface area contributed by atoms with E-state index in [4.69, 9.17) is 9.47 Å². The van der Waals surface area contributed by atoms with Crippen molar-refractivity contribution in [1.29, 1.82) is 0 Å². The first kappa shape index (κ1) is 19.3. The first-order chi connectivity index (χ1) is 13.2. The number of hydrogen-bond donors (Lipinski definition) is 1. The van der Waals surface area contributed by atoms with Crippen molar-refractivity contribution in [2.24, 2.45) is 0 Å².